The Hall–Kier alpha value is -1.94. The van der Waals surface area contributed by atoms with E-state index in [4.69, 9.17) is 4.74 Å². The van der Waals surface area contributed by atoms with E-state index in [0.29, 0.717) is 5.88 Å². The second-order valence-corrected chi connectivity index (χ2v) is 5.33. The van der Waals surface area contributed by atoms with Crippen molar-refractivity contribution in [2.75, 3.05) is 6.54 Å². The Labute approximate surface area is 125 Å². The van der Waals surface area contributed by atoms with Crippen molar-refractivity contribution in [2.24, 2.45) is 0 Å². The molecule has 4 nitrogen and oxygen atoms in total. The predicted octanol–water partition coefficient (Wildman–Crippen LogP) is 3.04. The van der Waals surface area contributed by atoms with E-state index in [1.54, 1.807) is 12.4 Å². The number of aromatic nitrogens is 2. The van der Waals surface area contributed by atoms with E-state index >= 15 is 0 Å². The van der Waals surface area contributed by atoms with Gasteiger partial charge in [-0.15, -0.1) is 0 Å². The average Bonchev–Trinajstić information content (AvgIpc) is 2.54. The van der Waals surface area contributed by atoms with Crippen LogP contribution in [0.3, 0.4) is 0 Å². The second kappa shape index (κ2) is 6.68. The molecule has 0 aliphatic heterocycles. The number of hydrogen-bond donors (Lipinski definition) is 1. The summed E-state index contributed by atoms with van der Waals surface area (Å²) in [5, 5.41) is 3.25. The van der Waals surface area contributed by atoms with Crippen molar-refractivity contribution < 1.29 is 4.74 Å². The van der Waals surface area contributed by atoms with Crippen LogP contribution < -0.4 is 10.1 Å². The molecule has 110 valence electrons. The number of rotatable bonds is 5. The first-order chi connectivity index (χ1) is 10.4. The quantitative estimate of drug-likeness (QED) is 0.916. The Morgan fingerprint density at radius 3 is 3.10 bits per heavy atom. The maximum atomic E-state index is 6.10. The Bertz CT molecular complexity index is 600. The fourth-order valence-electron chi connectivity index (χ4n) is 2.76. The van der Waals surface area contributed by atoms with Crippen molar-refractivity contribution >= 4 is 0 Å². The normalized spacial score (nSPS) is 17.3. The Balaban J connectivity index is 1.75. The number of fused-ring (bicyclic) bond motifs is 1. The largest absolute Gasteiger partial charge is 0.468 e. The van der Waals surface area contributed by atoms with E-state index in [-0.39, 0.29) is 6.10 Å². The number of nitrogens with zero attached hydrogens (tertiary/aromatic N) is 2. The van der Waals surface area contributed by atoms with Gasteiger partial charge in [-0.2, -0.15) is 0 Å². The molecule has 4 heteroatoms. The summed E-state index contributed by atoms with van der Waals surface area (Å²) in [6, 6.07) is 8.53. The average molecular weight is 283 g/mol. The standard InChI is InChI=1S/C17H21N3O/c1-2-18-10-14-11-19-12-17(20-14)21-16-9-5-7-13-6-3-4-8-15(13)16/h3-4,6,8,11-12,16,18H,2,5,7,9-10H2,1H3. The highest BCUT2D eigenvalue weighted by molar-refractivity contribution is 5.32. The summed E-state index contributed by atoms with van der Waals surface area (Å²) in [6.07, 6.45) is 6.92. The lowest BCUT2D eigenvalue weighted by molar-refractivity contribution is 0.174. The minimum absolute atomic E-state index is 0.0960. The lowest BCUT2D eigenvalue weighted by atomic mass is 9.89. The van der Waals surface area contributed by atoms with E-state index < -0.39 is 0 Å². The zero-order chi connectivity index (χ0) is 14.5. The number of aryl methyl sites for hydroxylation is 1. The number of nitrogens with one attached hydrogen (secondary N) is 1. The number of ether oxygens (including phenoxy) is 1. The maximum absolute atomic E-state index is 6.10. The molecule has 1 aromatic carbocycles. The van der Waals surface area contributed by atoms with Gasteiger partial charge in [0.15, 0.2) is 0 Å². The Morgan fingerprint density at radius 2 is 2.19 bits per heavy atom. The van der Waals surface area contributed by atoms with Gasteiger partial charge in [0.1, 0.15) is 6.10 Å². The smallest absolute Gasteiger partial charge is 0.233 e. The van der Waals surface area contributed by atoms with Crippen molar-refractivity contribution in [3.8, 4) is 5.88 Å². The van der Waals surface area contributed by atoms with Crippen molar-refractivity contribution in [2.45, 2.75) is 38.8 Å². The van der Waals surface area contributed by atoms with Crippen LogP contribution >= 0.6 is 0 Å². The van der Waals surface area contributed by atoms with Crippen LogP contribution in [-0.2, 0) is 13.0 Å². The third-order valence-electron chi connectivity index (χ3n) is 3.80. The van der Waals surface area contributed by atoms with Gasteiger partial charge in [-0.1, -0.05) is 31.2 Å². The fraction of sp³-hybridized carbons (Fsp3) is 0.412. The third-order valence-corrected chi connectivity index (χ3v) is 3.80. The number of hydrogen-bond acceptors (Lipinski definition) is 4. The minimum atomic E-state index is 0.0960. The predicted molar refractivity (Wildman–Crippen MR) is 82.2 cm³/mol. The van der Waals surface area contributed by atoms with Crippen LogP contribution in [0.15, 0.2) is 36.7 Å². The molecule has 1 N–H and O–H groups in total. The maximum Gasteiger partial charge on any atom is 0.233 e. The van der Waals surface area contributed by atoms with Crippen LogP contribution in [0.4, 0.5) is 0 Å². The highest BCUT2D eigenvalue weighted by atomic mass is 16.5. The van der Waals surface area contributed by atoms with Gasteiger partial charge >= 0.3 is 0 Å². The molecule has 1 aromatic heterocycles. The van der Waals surface area contributed by atoms with E-state index in [1.807, 2.05) is 0 Å². The molecule has 1 atom stereocenters. The van der Waals surface area contributed by atoms with Crippen molar-refractivity contribution in [3.63, 3.8) is 0 Å². The van der Waals surface area contributed by atoms with Gasteiger partial charge < -0.3 is 10.1 Å². The zero-order valence-electron chi connectivity index (χ0n) is 12.4. The molecule has 0 radical (unpaired) electrons. The van der Waals surface area contributed by atoms with Crippen LogP contribution in [0, 0.1) is 0 Å². The van der Waals surface area contributed by atoms with Crippen LogP contribution in [-0.4, -0.2) is 16.5 Å². The minimum Gasteiger partial charge on any atom is -0.468 e. The van der Waals surface area contributed by atoms with Gasteiger partial charge in [0.25, 0.3) is 0 Å². The Morgan fingerprint density at radius 1 is 1.29 bits per heavy atom. The second-order valence-electron chi connectivity index (χ2n) is 5.33. The van der Waals surface area contributed by atoms with Crippen molar-refractivity contribution in [1.82, 2.24) is 15.3 Å². The first-order valence-electron chi connectivity index (χ1n) is 7.63. The highest BCUT2D eigenvalue weighted by Crippen LogP contribution is 2.32. The van der Waals surface area contributed by atoms with E-state index in [1.165, 1.54) is 11.1 Å². The lowest BCUT2D eigenvalue weighted by Crippen LogP contribution is -2.17. The van der Waals surface area contributed by atoms with Gasteiger partial charge in [-0.05, 0) is 36.9 Å². The molecule has 0 saturated heterocycles. The van der Waals surface area contributed by atoms with Crippen LogP contribution in [0.25, 0.3) is 0 Å². The molecule has 1 aliphatic carbocycles. The Kier molecular flexibility index (Phi) is 4.46. The van der Waals surface area contributed by atoms with E-state index in [9.17, 15) is 0 Å². The molecule has 0 bridgehead atoms. The zero-order valence-corrected chi connectivity index (χ0v) is 12.4. The summed E-state index contributed by atoms with van der Waals surface area (Å²) in [7, 11) is 0. The third kappa shape index (κ3) is 3.39. The van der Waals surface area contributed by atoms with Gasteiger partial charge in [-0.3, -0.25) is 4.98 Å². The molecule has 0 fully saturated rings. The first-order valence-corrected chi connectivity index (χ1v) is 7.63. The summed E-state index contributed by atoms with van der Waals surface area (Å²) in [5.41, 5.74) is 3.60. The highest BCUT2D eigenvalue weighted by Gasteiger charge is 2.21. The van der Waals surface area contributed by atoms with Crippen molar-refractivity contribution in [1.29, 1.82) is 0 Å². The SMILES string of the molecule is CCNCc1cncc(OC2CCCc3ccccc32)n1. The lowest BCUT2D eigenvalue weighted by Gasteiger charge is -2.25. The molecule has 1 unspecified atom stereocenters. The molecule has 0 spiro atoms. The molecular weight excluding hydrogens is 262 g/mol. The summed E-state index contributed by atoms with van der Waals surface area (Å²) >= 11 is 0. The molecule has 21 heavy (non-hydrogen) atoms. The van der Waals surface area contributed by atoms with Gasteiger partial charge in [0, 0.05) is 12.7 Å². The molecule has 1 heterocycles. The van der Waals surface area contributed by atoms with E-state index in [0.717, 1.165) is 38.0 Å². The van der Waals surface area contributed by atoms with Crippen LogP contribution in [0.1, 0.15) is 42.7 Å². The molecule has 0 saturated carbocycles. The van der Waals surface area contributed by atoms with Gasteiger partial charge in [-0.25, -0.2) is 4.98 Å². The summed E-state index contributed by atoms with van der Waals surface area (Å²) < 4.78 is 6.10. The summed E-state index contributed by atoms with van der Waals surface area (Å²) in [5.74, 6) is 0.618. The molecule has 1 aliphatic rings. The van der Waals surface area contributed by atoms with E-state index in [2.05, 4.69) is 46.5 Å². The summed E-state index contributed by atoms with van der Waals surface area (Å²) in [6.45, 7) is 3.72. The van der Waals surface area contributed by atoms with Crippen molar-refractivity contribution in [3.05, 3.63) is 53.5 Å². The molecule has 3 rings (SSSR count). The molecule has 0 amide bonds. The molecule has 2 aromatic rings. The monoisotopic (exact) mass is 283 g/mol. The van der Waals surface area contributed by atoms with Crippen LogP contribution in [0.2, 0.25) is 0 Å². The first kappa shape index (κ1) is 14.0. The fourth-order valence-corrected chi connectivity index (χ4v) is 2.76. The number of benzene rings is 1. The van der Waals surface area contributed by atoms with Gasteiger partial charge in [0.2, 0.25) is 5.88 Å². The topological polar surface area (TPSA) is 47.0 Å². The van der Waals surface area contributed by atoms with Gasteiger partial charge in [0.05, 0.1) is 11.9 Å². The van der Waals surface area contributed by atoms with Crippen LogP contribution in [0.5, 0.6) is 5.88 Å². The molecular formula is C17H21N3O. The summed E-state index contributed by atoms with van der Waals surface area (Å²) in [4.78, 5) is 8.76.